The van der Waals surface area contributed by atoms with Crippen molar-refractivity contribution in [3.05, 3.63) is 28.8 Å². The van der Waals surface area contributed by atoms with Crippen molar-refractivity contribution >= 4 is 28.1 Å². The van der Waals surface area contributed by atoms with E-state index in [0.717, 1.165) is 0 Å². The molecule has 0 aliphatic carbocycles. The predicted octanol–water partition coefficient (Wildman–Crippen LogP) is 1.49. The molecule has 3 N–H and O–H groups in total. The molecular formula is C8H9ClF4N2O2S. The zero-order chi connectivity index (χ0) is 13.4. The average Bonchev–Trinajstić information content (AvgIpc) is 2.21. The van der Waals surface area contributed by atoms with Gasteiger partial charge >= 0.3 is 0 Å². The molecule has 104 valence electrons. The molecule has 1 rings (SSSR count). The maximum Gasteiger partial charge on any atom is 0.230 e. The van der Waals surface area contributed by atoms with E-state index in [-0.39, 0.29) is 12.4 Å². The number of rotatable bonds is 3. The zero-order valence-corrected chi connectivity index (χ0v) is 10.6. The van der Waals surface area contributed by atoms with Gasteiger partial charge in [-0.05, 0) is 0 Å². The normalized spacial score (nSPS) is 11.0. The van der Waals surface area contributed by atoms with Crippen molar-refractivity contribution < 1.29 is 26.0 Å². The van der Waals surface area contributed by atoms with Crippen LogP contribution in [0.5, 0.6) is 0 Å². The highest BCUT2D eigenvalue weighted by Gasteiger charge is 2.26. The molecule has 4 nitrogen and oxygen atoms in total. The highest BCUT2D eigenvalue weighted by molar-refractivity contribution is 7.92. The molecule has 0 aliphatic rings. The lowest BCUT2D eigenvalue weighted by Gasteiger charge is -2.11. The van der Waals surface area contributed by atoms with Gasteiger partial charge in [0.25, 0.3) is 0 Å². The lowest BCUT2D eigenvalue weighted by atomic mass is 10.1. The van der Waals surface area contributed by atoms with Crippen LogP contribution in [0.2, 0.25) is 0 Å². The smallest absolute Gasteiger partial charge is 0.230 e. The fourth-order valence-corrected chi connectivity index (χ4v) is 1.68. The van der Waals surface area contributed by atoms with Crippen LogP contribution in [0, 0.1) is 23.3 Å². The summed E-state index contributed by atoms with van der Waals surface area (Å²) in [6, 6.07) is 0. The Hall–Kier alpha value is -1.06. The molecule has 0 amide bonds. The molecule has 0 saturated carbocycles. The summed E-state index contributed by atoms with van der Waals surface area (Å²) in [5, 5.41) is 0. The summed E-state index contributed by atoms with van der Waals surface area (Å²) in [5.41, 5.74) is 2.52. The highest BCUT2D eigenvalue weighted by Crippen LogP contribution is 2.28. The van der Waals surface area contributed by atoms with Gasteiger partial charge < -0.3 is 5.73 Å². The van der Waals surface area contributed by atoms with E-state index in [2.05, 4.69) is 0 Å². The number of hydrogen-bond acceptors (Lipinski definition) is 3. The number of anilines is 1. The Morgan fingerprint density at radius 3 is 1.72 bits per heavy atom. The second-order valence-electron chi connectivity index (χ2n) is 3.19. The van der Waals surface area contributed by atoms with Crippen molar-refractivity contribution in [2.75, 3.05) is 11.0 Å². The number of hydrogen-bond donors (Lipinski definition) is 2. The molecule has 1 aromatic carbocycles. The number of sulfonamides is 1. The number of nitrogens with one attached hydrogen (secondary N) is 1. The summed E-state index contributed by atoms with van der Waals surface area (Å²) < 4.78 is 75.8. The summed E-state index contributed by atoms with van der Waals surface area (Å²) in [5.74, 6) is -7.13. The van der Waals surface area contributed by atoms with Crippen LogP contribution in [0.4, 0.5) is 23.2 Å². The minimum absolute atomic E-state index is 0. The Kier molecular flexibility index (Phi) is 5.38. The number of benzene rings is 1. The molecule has 0 unspecified atom stereocenters. The van der Waals surface area contributed by atoms with Gasteiger partial charge in [0, 0.05) is 12.1 Å². The summed E-state index contributed by atoms with van der Waals surface area (Å²) in [6.07, 6.45) is 0.582. The van der Waals surface area contributed by atoms with Gasteiger partial charge in [0.2, 0.25) is 10.0 Å². The first-order valence-corrected chi connectivity index (χ1v) is 6.10. The maximum atomic E-state index is 13.3. The molecule has 0 bridgehead atoms. The van der Waals surface area contributed by atoms with Crippen LogP contribution in [0.3, 0.4) is 0 Å². The van der Waals surface area contributed by atoms with Crippen molar-refractivity contribution in [2.45, 2.75) is 6.54 Å². The average molecular weight is 309 g/mol. The molecule has 0 atom stereocenters. The minimum Gasteiger partial charge on any atom is -0.326 e. The Balaban J connectivity index is 0.00000289. The van der Waals surface area contributed by atoms with Gasteiger partial charge in [-0.25, -0.2) is 26.0 Å². The van der Waals surface area contributed by atoms with E-state index in [1.54, 1.807) is 0 Å². The first-order chi connectivity index (χ1) is 7.69. The van der Waals surface area contributed by atoms with Gasteiger partial charge in [0.05, 0.1) is 6.26 Å². The third-order valence-electron chi connectivity index (χ3n) is 1.85. The van der Waals surface area contributed by atoms with Crippen LogP contribution in [0.15, 0.2) is 0 Å². The van der Waals surface area contributed by atoms with Gasteiger partial charge in [0.1, 0.15) is 5.69 Å². The maximum absolute atomic E-state index is 13.3. The standard InChI is InChI=1S/C8H8F4N2O2S.ClH/c1-17(15,16)14-8-6(11)4(9)3(2-13)5(10)7(8)12;/h14H,2,13H2,1H3;1H. The van der Waals surface area contributed by atoms with Gasteiger partial charge in [0.15, 0.2) is 23.3 Å². The van der Waals surface area contributed by atoms with E-state index in [4.69, 9.17) is 5.73 Å². The van der Waals surface area contributed by atoms with E-state index in [0.29, 0.717) is 6.26 Å². The van der Waals surface area contributed by atoms with Gasteiger partial charge in [-0.15, -0.1) is 12.4 Å². The predicted molar refractivity (Wildman–Crippen MR) is 59.9 cm³/mol. The molecule has 0 aromatic heterocycles. The topological polar surface area (TPSA) is 72.2 Å². The highest BCUT2D eigenvalue weighted by atomic mass is 35.5. The quantitative estimate of drug-likeness (QED) is 0.656. The molecule has 18 heavy (non-hydrogen) atoms. The van der Waals surface area contributed by atoms with E-state index < -0.39 is 51.1 Å². The van der Waals surface area contributed by atoms with E-state index in [1.165, 1.54) is 4.72 Å². The molecule has 10 heteroatoms. The third-order valence-corrected chi connectivity index (χ3v) is 2.42. The number of halogens is 5. The SMILES string of the molecule is CS(=O)(=O)Nc1c(F)c(F)c(CN)c(F)c1F.Cl. The van der Waals surface area contributed by atoms with Crippen LogP contribution < -0.4 is 10.5 Å². The fourth-order valence-electron chi connectivity index (χ4n) is 1.13. The first kappa shape index (κ1) is 16.9. The second kappa shape index (κ2) is 5.72. The Bertz CT molecular complexity index is 536. The van der Waals surface area contributed by atoms with Crippen molar-refractivity contribution in [1.29, 1.82) is 0 Å². The van der Waals surface area contributed by atoms with Crippen molar-refractivity contribution in [1.82, 2.24) is 0 Å². The largest absolute Gasteiger partial charge is 0.326 e. The van der Waals surface area contributed by atoms with Crippen molar-refractivity contribution in [2.24, 2.45) is 5.73 Å². The molecule has 0 saturated heterocycles. The van der Waals surface area contributed by atoms with Crippen molar-refractivity contribution in [3.8, 4) is 0 Å². The molecule has 0 heterocycles. The lowest BCUT2D eigenvalue weighted by molar-refractivity contribution is 0.445. The second-order valence-corrected chi connectivity index (χ2v) is 4.94. The zero-order valence-electron chi connectivity index (χ0n) is 8.93. The lowest BCUT2D eigenvalue weighted by Crippen LogP contribution is -2.17. The van der Waals surface area contributed by atoms with Gasteiger partial charge in [-0.1, -0.05) is 0 Å². The van der Waals surface area contributed by atoms with E-state index >= 15 is 0 Å². The Morgan fingerprint density at radius 2 is 1.44 bits per heavy atom. The van der Waals surface area contributed by atoms with Crippen LogP contribution in [0.25, 0.3) is 0 Å². The Labute approximate surface area is 107 Å². The summed E-state index contributed by atoms with van der Waals surface area (Å²) in [4.78, 5) is 0. The Morgan fingerprint density at radius 1 is 1.06 bits per heavy atom. The van der Waals surface area contributed by atoms with Gasteiger partial charge in [-0.2, -0.15) is 0 Å². The fraction of sp³-hybridized carbons (Fsp3) is 0.250. The summed E-state index contributed by atoms with van der Waals surface area (Å²) >= 11 is 0. The van der Waals surface area contributed by atoms with Crippen LogP contribution >= 0.6 is 12.4 Å². The molecule has 0 radical (unpaired) electrons. The molecule has 0 fully saturated rings. The third kappa shape index (κ3) is 3.24. The molecule has 1 aromatic rings. The van der Waals surface area contributed by atoms with Crippen LogP contribution in [-0.4, -0.2) is 14.7 Å². The van der Waals surface area contributed by atoms with Crippen LogP contribution in [0.1, 0.15) is 5.56 Å². The van der Waals surface area contributed by atoms with Crippen molar-refractivity contribution in [3.63, 3.8) is 0 Å². The monoisotopic (exact) mass is 308 g/mol. The molecule has 0 aliphatic heterocycles. The van der Waals surface area contributed by atoms with Crippen LogP contribution in [-0.2, 0) is 16.6 Å². The van der Waals surface area contributed by atoms with E-state index in [9.17, 15) is 26.0 Å². The van der Waals surface area contributed by atoms with E-state index in [1.807, 2.05) is 0 Å². The minimum atomic E-state index is -4.07. The first-order valence-electron chi connectivity index (χ1n) is 4.21. The van der Waals surface area contributed by atoms with Gasteiger partial charge in [-0.3, -0.25) is 4.72 Å². The number of nitrogens with two attached hydrogens (primary N) is 1. The summed E-state index contributed by atoms with van der Waals surface area (Å²) in [6.45, 7) is -0.759. The molecular weight excluding hydrogens is 300 g/mol. The summed E-state index contributed by atoms with van der Waals surface area (Å²) in [7, 11) is -4.07. The molecule has 0 spiro atoms.